The maximum Gasteiger partial charge on any atom is 0.264 e. The zero-order valence-electron chi connectivity index (χ0n) is 9.15. The van der Waals surface area contributed by atoms with Crippen LogP contribution in [0.4, 0.5) is 0 Å². The predicted molar refractivity (Wildman–Crippen MR) is 53.2 cm³/mol. The second-order valence-corrected chi connectivity index (χ2v) is 4.41. The molecule has 3 heteroatoms. The van der Waals surface area contributed by atoms with Crippen molar-refractivity contribution in [2.75, 3.05) is 0 Å². The molecular weight excluding hydrogens is 178 g/mol. The van der Waals surface area contributed by atoms with E-state index in [4.69, 9.17) is 0 Å². The molecule has 0 radical (unpaired) electrons. The highest BCUT2D eigenvalue weighted by Gasteiger charge is 2.28. The van der Waals surface area contributed by atoms with Crippen LogP contribution >= 0.6 is 0 Å². The van der Waals surface area contributed by atoms with Gasteiger partial charge in [0.05, 0.1) is 0 Å². The largest absolute Gasteiger partial charge is 0.379 e. The van der Waals surface area contributed by atoms with Crippen LogP contribution in [-0.4, -0.2) is 10.3 Å². The van der Waals surface area contributed by atoms with E-state index in [1.54, 1.807) is 26.1 Å². The fourth-order valence-corrected chi connectivity index (χ4v) is 1.33. The van der Waals surface area contributed by atoms with Crippen molar-refractivity contribution in [2.45, 2.75) is 39.2 Å². The van der Waals surface area contributed by atoms with Gasteiger partial charge in [-0.1, -0.05) is 13.8 Å². The van der Waals surface area contributed by atoms with Crippen molar-refractivity contribution in [3.63, 3.8) is 0 Å². The molecule has 1 aromatic rings. The minimum atomic E-state index is -1.02. The molecule has 2 N–H and O–H groups in total. The smallest absolute Gasteiger partial charge is 0.264 e. The van der Waals surface area contributed by atoms with Gasteiger partial charge in [-0.3, -0.25) is 5.21 Å². The summed E-state index contributed by atoms with van der Waals surface area (Å²) < 4.78 is 0.995. The number of nitrogens with zero attached hydrogens (tertiary/aromatic N) is 1. The van der Waals surface area contributed by atoms with Crippen molar-refractivity contribution in [3.8, 4) is 0 Å². The summed E-state index contributed by atoms with van der Waals surface area (Å²) in [5.74, 6) is 0.365. The van der Waals surface area contributed by atoms with E-state index < -0.39 is 5.60 Å². The van der Waals surface area contributed by atoms with E-state index in [2.05, 4.69) is 13.8 Å². The third kappa shape index (κ3) is 2.23. The molecule has 0 aliphatic carbocycles. The Balaban J connectivity index is 3.15. The fraction of sp³-hybridized carbons (Fsp3) is 0.545. The van der Waals surface area contributed by atoms with E-state index in [9.17, 15) is 10.3 Å². The van der Waals surface area contributed by atoms with Crippen molar-refractivity contribution in [1.29, 1.82) is 0 Å². The quantitative estimate of drug-likeness (QED) is 0.557. The first-order valence-electron chi connectivity index (χ1n) is 4.80. The van der Waals surface area contributed by atoms with Crippen LogP contribution in [0, 0.1) is 0 Å². The molecule has 1 rings (SSSR count). The topological polar surface area (TPSA) is 44.3 Å². The Labute approximate surface area is 84.6 Å². The van der Waals surface area contributed by atoms with E-state index in [0.29, 0.717) is 11.6 Å². The molecule has 0 bridgehead atoms. The van der Waals surface area contributed by atoms with Crippen molar-refractivity contribution in [2.24, 2.45) is 0 Å². The lowest BCUT2D eigenvalue weighted by molar-refractivity contribution is -0.913. The summed E-state index contributed by atoms with van der Waals surface area (Å²) in [7, 11) is 0. The summed E-state index contributed by atoms with van der Waals surface area (Å²) in [5.41, 5.74) is 0.506. The Bertz CT molecular complexity index is 327. The number of rotatable bonds is 2. The van der Waals surface area contributed by atoms with Crippen LogP contribution in [0.25, 0.3) is 0 Å². The van der Waals surface area contributed by atoms with Crippen molar-refractivity contribution in [3.05, 3.63) is 29.6 Å². The lowest BCUT2D eigenvalue weighted by Gasteiger charge is -2.13. The molecule has 0 amide bonds. The Morgan fingerprint density at radius 3 is 2.21 bits per heavy atom. The van der Waals surface area contributed by atoms with E-state index in [-0.39, 0.29) is 0 Å². The van der Waals surface area contributed by atoms with Crippen molar-refractivity contribution in [1.82, 2.24) is 0 Å². The van der Waals surface area contributed by atoms with Gasteiger partial charge >= 0.3 is 0 Å². The number of hydrogen-bond donors (Lipinski definition) is 2. The molecule has 0 atom stereocenters. The van der Waals surface area contributed by atoms with Crippen molar-refractivity contribution >= 4 is 0 Å². The lowest BCUT2D eigenvalue weighted by atomic mass is 10.0. The van der Waals surface area contributed by atoms with E-state index in [0.717, 1.165) is 10.3 Å². The molecule has 0 spiro atoms. The Hall–Kier alpha value is -1.09. The average molecular weight is 196 g/mol. The van der Waals surface area contributed by atoms with Crippen LogP contribution in [0.3, 0.4) is 0 Å². The van der Waals surface area contributed by atoms with Crippen LogP contribution in [0.15, 0.2) is 18.3 Å². The zero-order chi connectivity index (χ0) is 10.9. The van der Waals surface area contributed by atoms with Crippen molar-refractivity contribution < 1.29 is 15.0 Å². The highest BCUT2D eigenvalue weighted by Crippen LogP contribution is 2.18. The van der Waals surface area contributed by atoms with Crippen LogP contribution in [0.1, 0.15) is 44.9 Å². The summed E-state index contributed by atoms with van der Waals surface area (Å²) in [6.07, 6.45) is 1.64. The molecule has 78 valence electrons. The number of aromatic nitrogens is 1. The molecule has 0 aromatic carbocycles. The molecule has 1 heterocycles. The second-order valence-electron chi connectivity index (χ2n) is 4.41. The van der Waals surface area contributed by atoms with Crippen LogP contribution in [-0.2, 0) is 5.60 Å². The lowest BCUT2D eigenvalue weighted by Crippen LogP contribution is -2.42. The minimum absolute atomic E-state index is 0.365. The monoisotopic (exact) mass is 196 g/mol. The van der Waals surface area contributed by atoms with Gasteiger partial charge in [-0.25, -0.2) is 0 Å². The molecule has 1 aromatic heterocycles. The minimum Gasteiger partial charge on any atom is -0.379 e. The third-order valence-corrected chi connectivity index (χ3v) is 2.25. The fourth-order valence-electron chi connectivity index (χ4n) is 1.33. The first-order chi connectivity index (χ1) is 6.32. The maximum atomic E-state index is 9.72. The van der Waals surface area contributed by atoms with Gasteiger partial charge in [0, 0.05) is 16.4 Å². The Morgan fingerprint density at radius 2 is 1.86 bits per heavy atom. The molecule has 0 fully saturated rings. The van der Waals surface area contributed by atoms with Crippen LogP contribution in [0.2, 0.25) is 0 Å². The van der Waals surface area contributed by atoms with Crippen LogP contribution < -0.4 is 4.73 Å². The molecule has 0 saturated heterocycles. The summed E-state index contributed by atoms with van der Waals surface area (Å²) in [6, 6.07) is 3.67. The second kappa shape index (κ2) is 3.58. The average Bonchev–Trinajstić information content (AvgIpc) is 2.01. The van der Waals surface area contributed by atoms with E-state index in [1.165, 1.54) is 0 Å². The van der Waals surface area contributed by atoms with Gasteiger partial charge in [0.25, 0.3) is 5.69 Å². The zero-order valence-corrected chi connectivity index (χ0v) is 9.15. The molecular formula is C11H18NO2+. The molecule has 0 saturated carbocycles. The van der Waals surface area contributed by atoms with E-state index >= 15 is 0 Å². The molecule has 3 nitrogen and oxygen atoms in total. The summed E-state index contributed by atoms with van der Waals surface area (Å²) >= 11 is 0. The predicted octanol–water partition coefficient (Wildman–Crippen LogP) is 1.56. The highest BCUT2D eigenvalue weighted by atomic mass is 16.5. The summed E-state index contributed by atoms with van der Waals surface area (Å²) in [4.78, 5) is 0. The first-order valence-corrected chi connectivity index (χ1v) is 4.80. The number of pyridine rings is 1. The summed E-state index contributed by atoms with van der Waals surface area (Å²) in [5, 5.41) is 19.4. The summed E-state index contributed by atoms with van der Waals surface area (Å²) in [6.45, 7) is 7.40. The first kappa shape index (κ1) is 11.0. The Morgan fingerprint density at radius 1 is 1.29 bits per heavy atom. The van der Waals surface area contributed by atoms with Gasteiger partial charge in [0.1, 0.15) is 5.60 Å². The van der Waals surface area contributed by atoms with E-state index in [1.807, 2.05) is 6.07 Å². The van der Waals surface area contributed by atoms with Crippen LogP contribution in [0.5, 0.6) is 0 Å². The van der Waals surface area contributed by atoms with Gasteiger partial charge in [-0.15, -0.1) is 0 Å². The molecule has 0 unspecified atom stereocenters. The van der Waals surface area contributed by atoms with Gasteiger partial charge in [-0.05, 0) is 25.8 Å². The molecule has 0 aliphatic rings. The maximum absolute atomic E-state index is 9.72. The molecule has 14 heavy (non-hydrogen) atoms. The third-order valence-electron chi connectivity index (χ3n) is 2.25. The standard InChI is InChI=1S/C11H18NO2/c1-8(2)9-5-6-10(11(3,4)13)12(14)7-9/h5-8,13-14H,1-4H3/q+1. The Kier molecular flexibility index (Phi) is 2.81. The van der Waals surface area contributed by atoms with Gasteiger partial charge in [0.15, 0.2) is 0 Å². The van der Waals surface area contributed by atoms with Gasteiger partial charge in [0.2, 0.25) is 6.20 Å². The molecule has 0 aliphatic heterocycles. The van der Waals surface area contributed by atoms with Gasteiger partial charge in [-0.2, -0.15) is 0 Å². The number of aliphatic hydroxyl groups is 1. The number of hydrogen-bond acceptors (Lipinski definition) is 2. The SMILES string of the molecule is CC(C)c1ccc(C(C)(C)O)[n+](O)c1. The highest BCUT2D eigenvalue weighted by molar-refractivity contribution is 5.15. The van der Waals surface area contributed by atoms with Gasteiger partial charge < -0.3 is 5.11 Å². The normalized spacial score (nSPS) is 12.1.